The largest absolute Gasteiger partial charge is 0.543 e. The van der Waals surface area contributed by atoms with Gasteiger partial charge in [0.15, 0.2) is 11.2 Å². The minimum atomic E-state index is -1.55. The minimum Gasteiger partial charge on any atom is -0.543 e. The number of carbonyl (C=O) groups is 4. The van der Waals surface area contributed by atoms with Crippen molar-refractivity contribution in [3.8, 4) is 0 Å². The number of aromatic nitrogens is 4. The van der Waals surface area contributed by atoms with Crippen molar-refractivity contribution < 1.29 is 38.8 Å². The lowest BCUT2D eigenvalue weighted by Gasteiger charge is -2.50. The first-order chi connectivity index (χ1) is 20.2. The first-order valence-electron chi connectivity index (χ1n) is 12.5. The number of hydrogen-bond donors (Lipinski definition) is 4. The maximum atomic E-state index is 13.2. The number of aliphatic hydroxyl groups excluding tert-OH is 1. The predicted octanol–water partition coefficient (Wildman–Crippen LogP) is -2.27. The molecule has 3 aromatic heterocycles. The molecule has 0 aliphatic carbocycles. The van der Waals surface area contributed by atoms with E-state index >= 15 is 0 Å². The van der Waals surface area contributed by atoms with E-state index in [2.05, 4.69) is 25.1 Å². The Morgan fingerprint density at radius 1 is 1.45 bits per heavy atom. The van der Waals surface area contributed by atoms with Crippen LogP contribution in [0.15, 0.2) is 34.2 Å². The Kier molecular flexibility index (Phi) is 8.43. The van der Waals surface area contributed by atoms with E-state index in [4.69, 9.17) is 10.6 Å². The van der Waals surface area contributed by atoms with Crippen molar-refractivity contribution in [2.24, 2.45) is 5.16 Å². The summed E-state index contributed by atoms with van der Waals surface area (Å²) in [7, 11) is 0. The first-order valence-corrected chi connectivity index (χ1v) is 15.2. The van der Waals surface area contributed by atoms with Gasteiger partial charge in [0, 0.05) is 28.2 Å². The van der Waals surface area contributed by atoms with Crippen LogP contribution in [0, 0.1) is 0 Å². The fourth-order valence-corrected chi connectivity index (χ4v) is 7.27. The summed E-state index contributed by atoms with van der Waals surface area (Å²) in [5.41, 5.74) is 5.44. The van der Waals surface area contributed by atoms with Gasteiger partial charge in [-0.3, -0.25) is 19.3 Å². The second-order valence-corrected chi connectivity index (χ2v) is 12.0. The molecule has 0 spiro atoms. The maximum Gasteiger partial charge on any atom is 0.288 e. The molecule has 0 saturated carbocycles. The van der Waals surface area contributed by atoms with E-state index in [-0.39, 0.29) is 41.3 Å². The fraction of sp³-hybridized carbons (Fsp3) is 0.391. The molecule has 1 saturated heterocycles. The van der Waals surface area contributed by atoms with Gasteiger partial charge in [0.2, 0.25) is 22.8 Å². The van der Waals surface area contributed by atoms with Gasteiger partial charge >= 0.3 is 0 Å². The minimum absolute atomic E-state index is 0.0411. The highest BCUT2D eigenvalue weighted by molar-refractivity contribution is 8.00. The molecule has 3 amide bonds. The van der Waals surface area contributed by atoms with Crippen LogP contribution in [0.1, 0.15) is 31.5 Å². The zero-order valence-electron chi connectivity index (χ0n) is 22.1. The van der Waals surface area contributed by atoms with E-state index in [9.17, 15) is 29.4 Å². The number of carbonyl (C=O) groups excluding carboxylic acids is 4. The van der Waals surface area contributed by atoms with Crippen LogP contribution in [0.4, 0.5) is 5.13 Å². The van der Waals surface area contributed by atoms with Crippen molar-refractivity contribution >= 4 is 74.5 Å². The molecule has 2 aliphatic rings. The number of hydrogen-bond acceptors (Lipinski definition) is 14. The Morgan fingerprint density at radius 2 is 2.24 bits per heavy atom. The van der Waals surface area contributed by atoms with Gasteiger partial charge in [0.1, 0.15) is 37.0 Å². The Hall–Kier alpha value is -4.07. The Morgan fingerprint density at radius 3 is 2.88 bits per heavy atom. The van der Waals surface area contributed by atoms with Gasteiger partial charge in [-0.05, 0) is 13.8 Å². The van der Waals surface area contributed by atoms with Crippen LogP contribution in [0.2, 0.25) is 0 Å². The maximum absolute atomic E-state index is 13.2. The molecular formula is C23H25N9O7S3. The normalized spacial score (nSPS) is 20.1. The number of imidazole rings is 1. The quantitative estimate of drug-likeness (QED) is 0.0547. The molecule has 1 fully saturated rings. The van der Waals surface area contributed by atoms with Gasteiger partial charge in [-0.15, -0.1) is 11.8 Å². The molecule has 5 heterocycles. The van der Waals surface area contributed by atoms with Crippen LogP contribution in [-0.4, -0.2) is 83.5 Å². The number of carboxylic acids is 1. The smallest absolute Gasteiger partial charge is 0.288 e. The Balaban J connectivity index is 1.41. The van der Waals surface area contributed by atoms with Gasteiger partial charge in [0.05, 0.1) is 17.8 Å². The molecule has 0 radical (unpaired) electrons. The molecule has 2 aliphatic heterocycles. The van der Waals surface area contributed by atoms with Crippen molar-refractivity contribution in [3.05, 3.63) is 40.7 Å². The summed E-state index contributed by atoms with van der Waals surface area (Å²) in [4.78, 5) is 60.8. The van der Waals surface area contributed by atoms with E-state index in [0.717, 1.165) is 21.3 Å². The van der Waals surface area contributed by atoms with E-state index in [1.165, 1.54) is 30.0 Å². The second-order valence-electron chi connectivity index (χ2n) is 9.14. The monoisotopic (exact) mass is 635 g/mol. The number of carboxylic acid groups (broad SMARTS) is 1. The fourth-order valence-electron chi connectivity index (χ4n) is 4.72. The third-order valence-electron chi connectivity index (χ3n) is 6.49. The van der Waals surface area contributed by atoms with Crippen LogP contribution in [-0.2, 0) is 30.6 Å². The molecular weight excluding hydrogens is 611 g/mol. The average Bonchev–Trinajstić information content (AvgIpc) is 3.67. The topological polar surface area (TPSA) is 221 Å². The number of nitrogens with two attached hydrogens (primary N) is 1. The van der Waals surface area contributed by atoms with Gasteiger partial charge in [0.25, 0.3) is 17.6 Å². The summed E-state index contributed by atoms with van der Waals surface area (Å²) in [6.07, 6.45) is 3.07. The van der Waals surface area contributed by atoms with Gasteiger partial charge in [-0.2, -0.15) is 13.8 Å². The number of nitrogens with one attached hydrogen (secondary N) is 2. The molecule has 16 nitrogen and oxygen atoms in total. The van der Waals surface area contributed by atoms with Crippen LogP contribution in [0.25, 0.3) is 4.83 Å². The first kappa shape index (κ1) is 29.4. The van der Waals surface area contributed by atoms with Crippen LogP contribution in [0.5, 0.6) is 0 Å². The lowest BCUT2D eigenvalue weighted by Crippen LogP contribution is -2.71. The summed E-state index contributed by atoms with van der Waals surface area (Å²) in [6.45, 7) is 3.40. The number of thiazole rings is 1. The molecule has 0 unspecified atom stereocenters. The van der Waals surface area contributed by atoms with E-state index in [0.29, 0.717) is 17.8 Å². The molecule has 19 heteroatoms. The summed E-state index contributed by atoms with van der Waals surface area (Å²) in [6, 6.07) is -1.85. The predicted molar refractivity (Wildman–Crippen MR) is 149 cm³/mol. The van der Waals surface area contributed by atoms with Gasteiger partial charge < -0.3 is 36.2 Å². The number of nitrogens with zero attached hydrogens (tertiary/aromatic N) is 6. The molecule has 4 atom stereocenters. The summed E-state index contributed by atoms with van der Waals surface area (Å²) >= 11 is 3.55. The van der Waals surface area contributed by atoms with Crippen molar-refractivity contribution in [2.45, 2.75) is 44.0 Å². The number of β-lactam (4-membered cyclic amide) rings is 1. The average molecular weight is 636 g/mol. The number of rotatable bonds is 12. The van der Waals surface area contributed by atoms with Gasteiger partial charge in [-0.25, -0.2) is 4.57 Å². The third-order valence-corrected chi connectivity index (χ3v) is 9.18. The molecule has 0 bridgehead atoms. The number of fused-ring (bicyclic) bond motifs is 2. The van der Waals surface area contributed by atoms with Crippen molar-refractivity contribution in [3.63, 3.8) is 0 Å². The van der Waals surface area contributed by atoms with Crippen molar-refractivity contribution in [1.29, 1.82) is 0 Å². The standard InChI is InChI=1S/C23H25N9O7S3/c1-3-39-28-14(17-27-23(24)42-29-17)18(35)26-15-20(36)32-16(22(37)38)11(8-41-21(15)32)6-30-7-12-31(4-5-40-12)19(30)13(10(2)34)25-9-33/h4-5,7,9-10,13,15,21,34H,3,6,8H2,1-2H3,(H4-,24,25,26,27,29,33,35,37,38)/b28-14-/t10-,13-,15+,21+/m0/s1. The Labute approximate surface area is 250 Å². The molecule has 3 aromatic rings. The number of aliphatic carboxylic acids is 1. The van der Waals surface area contributed by atoms with Crippen molar-refractivity contribution in [2.75, 3.05) is 18.1 Å². The van der Waals surface area contributed by atoms with E-state index < -0.39 is 41.3 Å². The summed E-state index contributed by atoms with van der Waals surface area (Å²) in [5, 5.41) is 32.9. The van der Waals surface area contributed by atoms with Gasteiger partial charge in [-0.1, -0.05) is 16.5 Å². The summed E-state index contributed by atoms with van der Waals surface area (Å²) < 4.78 is 7.50. The number of aliphatic hydroxyl groups is 1. The molecule has 5 rings (SSSR count). The molecule has 0 aromatic carbocycles. The number of thioether (sulfide) groups is 1. The van der Waals surface area contributed by atoms with Crippen molar-refractivity contribution in [1.82, 2.24) is 29.3 Å². The van der Waals surface area contributed by atoms with Crippen LogP contribution < -0.4 is 26.0 Å². The lowest BCUT2D eigenvalue weighted by molar-refractivity contribution is -0.697. The number of oxime groups is 1. The zero-order valence-corrected chi connectivity index (χ0v) is 24.6. The second kappa shape index (κ2) is 12.0. The summed E-state index contributed by atoms with van der Waals surface area (Å²) in [5.74, 6) is -2.33. The van der Waals surface area contributed by atoms with Crippen LogP contribution >= 0.6 is 34.6 Å². The number of nitrogen functional groups attached to an aromatic ring is 1. The highest BCUT2D eigenvalue weighted by Crippen LogP contribution is 2.40. The zero-order chi connectivity index (χ0) is 30.1. The number of anilines is 1. The highest BCUT2D eigenvalue weighted by atomic mass is 32.2. The number of amides is 3. The molecule has 5 N–H and O–H groups in total. The van der Waals surface area contributed by atoms with E-state index in [1.54, 1.807) is 28.3 Å². The lowest BCUT2D eigenvalue weighted by atomic mass is 10.0. The Bertz CT molecular complexity index is 1610. The SMILES string of the molecule is CCO/N=C(\C(=O)N[C@@H]1C(=O)N2C(C(=O)[O-])=C(C[n+]3cc4sccn4c3[C@@H](NC=O)[C@H](C)O)CS[C@H]12)c1nsc(N)n1. The molecule has 222 valence electrons. The molecule has 42 heavy (non-hydrogen) atoms. The third kappa shape index (κ3) is 5.30. The van der Waals surface area contributed by atoms with Crippen LogP contribution in [0.3, 0.4) is 0 Å². The van der Waals surface area contributed by atoms with E-state index in [1.807, 2.05) is 5.38 Å². The highest BCUT2D eigenvalue weighted by Gasteiger charge is 2.53.